The van der Waals surface area contributed by atoms with Gasteiger partial charge in [0.25, 0.3) is 0 Å². The number of likely N-dealkylation sites (tertiary alicyclic amines) is 1. The van der Waals surface area contributed by atoms with Crippen molar-refractivity contribution in [3.05, 3.63) is 59.7 Å². The van der Waals surface area contributed by atoms with E-state index in [1.54, 1.807) is 12.0 Å². The predicted molar refractivity (Wildman–Crippen MR) is 96.6 cm³/mol. The first kappa shape index (κ1) is 16.8. The molecule has 1 heterocycles. The molecule has 0 bridgehead atoms. The number of hydrogen-bond acceptors (Lipinski definition) is 2. The van der Waals surface area contributed by atoms with Gasteiger partial charge in [0.05, 0.1) is 20.2 Å². The van der Waals surface area contributed by atoms with Crippen molar-refractivity contribution in [2.45, 2.75) is 38.8 Å². The van der Waals surface area contributed by atoms with Crippen LogP contribution in [0, 0.1) is 0 Å². The van der Waals surface area contributed by atoms with Gasteiger partial charge in [-0.3, -0.25) is 0 Å². The van der Waals surface area contributed by atoms with E-state index in [0.29, 0.717) is 6.61 Å². The fourth-order valence-electron chi connectivity index (χ4n) is 3.37. The van der Waals surface area contributed by atoms with Crippen molar-refractivity contribution in [3.63, 3.8) is 0 Å². The van der Waals surface area contributed by atoms with E-state index in [2.05, 4.69) is 24.3 Å². The molecule has 24 heavy (non-hydrogen) atoms. The first-order chi connectivity index (χ1) is 11.8. The fraction of sp³-hybridized carbons (Fsp3) is 0.429. The Labute approximate surface area is 145 Å². The summed E-state index contributed by atoms with van der Waals surface area (Å²) in [5, 5.41) is 0. The SMILES string of the molecule is COc1cc(C[NH+]2CCCCCC2)ccc1OCc1ccccc1. The Morgan fingerprint density at radius 1 is 0.833 bits per heavy atom. The molecule has 0 aliphatic carbocycles. The van der Waals surface area contributed by atoms with E-state index in [1.165, 1.54) is 44.3 Å². The highest BCUT2D eigenvalue weighted by molar-refractivity contribution is 5.42. The molecular formula is C21H28NO2+. The van der Waals surface area contributed by atoms with Crippen LogP contribution in [0.15, 0.2) is 48.5 Å². The fourth-order valence-corrected chi connectivity index (χ4v) is 3.37. The molecule has 0 aromatic heterocycles. The van der Waals surface area contributed by atoms with E-state index >= 15 is 0 Å². The lowest BCUT2D eigenvalue weighted by molar-refractivity contribution is -0.913. The van der Waals surface area contributed by atoms with Crippen LogP contribution in [0.2, 0.25) is 0 Å². The summed E-state index contributed by atoms with van der Waals surface area (Å²) in [5.41, 5.74) is 2.49. The highest BCUT2D eigenvalue weighted by Gasteiger charge is 2.14. The van der Waals surface area contributed by atoms with Crippen LogP contribution < -0.4 is 14.4 Å². The minimum absolute atomic E-state index is 0.563. The van der Waals surface area contributed by atoms with Gasteiger partial charge in [-0.05, 0) is 49.4 Å². The molecule has 0 amide bonds. The molecule has 0 radical (unpaired) electrons. The normalized spacial score (nSPS) is 15.7. The molecule has 1 N–H and O–H groups in total. The molecule has 1 aliphatic rings. The molecule has 0 atom stereocenters. The smallest absolute Gasteiger partial charge is 0.161 e. The highest BCUT2D eigenvalue weighted by atomic mass is 16.5. The van der Waals surface area contributed by atoms with Crippen molar-refractivity contribution in [3.8, 4) is 11.5 Å². The van der Waals surface area contributed by atoms with Crippen LogP contribution >= 0.6 is 0 Å². The first-order valence-electron chi connectivity index (χ1n) is 9.02. The molecular weight excluding hydrogens is 298 g/mol. The molecule has 128 valence electrons. The second-order valence-electron chi connectivity index (χ2n) is 6.60. The monoisotopic (exact) mass is 326 g/mol. The Kier molecular flexibility index (Phi) is 6.13. The van der Waals surface area contributed by atoms with Gasteiger partial charge >= 0.3 is 0 Å². The van der Waals surface area contributed by atoms with Crippen LogP contribution in [-0.4, -0.2) is 20.2 Å². The van der Waals surface area contributed by atoms with E-state index < -0.39 is 0 Å². The lowest BCUT2D eigenvalue weighted by atomic mass is 10.1. The van der Waals surface area contributed by atoms with Gasteiger partial charge in [-0.15, -0.1) is 0 Å². The van der Waals surface area contributed by atoms with Crippen LogP contribution in [0.5, 0.6) is 11.5 Å². The van der Waals surface area contributed by atoms with E-state index in [9.17, 15) is 0 Å². The number of hydrogen-bond donors (Lipinski definition) is 1. The Hall–Kier alpha value is -2.00. The largest absolute Gasteiger partial charge is 0.493 e. The molecule has 0 unspecified atom stereocenters. The summed E-state index contributed by atoms with van der Waals surface area (Å²) in [6.45, 7) is 4.21. The standard InChI is InChI=1S/C21H27NO2/c1-23-21-15-19(16-22-13-7-2-3-8-14-22)11-12-20(21)24-17-18-9-5-4-6-10-18/h4-6,9-12,15H,2-3,7-8,13-14,16-17H2,1H3/p+1. The van der Waals surface area contributed by atoms with Crippen LogP contribution in [0.1, 0.15) is 36.8 Å². The quantitative estimate of drug-likeness (QED) is 0.881. The minimum Gasteiger partial charge on any atom is -0.493 e. The highest BCUT2D eigenvalue weighted by Crippen LogP contribution is 2.28. The summed E-state index contributed by atoms with van der Waals surface area (Å²) in [4.78, 5) is 1.69. The van der Waals surface area contributed by atoms with Gasteiger partial charge in [0.2, 0.25) is 0 Å². The summed E-state index contributed by atoms with van der Waals surface area (Å²) in [7, 11) is 1.72. The number of nitrogens with one attached hydrogen (secondary N) is 1. The number of quaternary nitrogens is 1. The van der Waals surface area contributed by atoms with E-state index in [-0.39, 0.29) is 0 Å². The molecule has 0 saturated carbocycles. The predicted octanol–water partition coefficient (Wildman–Crippen LogP) is 3.23. The van der Waals surface area contributed by atoms with Crippen molar-refractivity contribution >= 4 is 0 Å². The third kappa shape index (κ3) is 4.75. The molecule has 2 aromatic carbocycles. The zero-order valence-electron chi connectivity index (χ0n) is 14.6. The van der Waals surface area contributed by atoms with Crippen LogP contribution in [0.3, 0.4) is 0 Å². The van der Waals surface area contributed by atoms with Gasteiger partial charge in [-0.25, -0.2) is 0 Å². The third-order valence-electron chi connectivity index (χ3n) is 4.73. The Morgan fingerprint density at radius 2 is 1.58 bits per heavy atom. The van der Waals surface area contributed by atoms with Crippen LogP contribution in [0.4, 0.5) is 0 Å². The lowest BCUT2D eigenvalue weighted by Crippen LogP contribution is -3.10. The van der Waals surface area contributed by atoms with Crippen molar-refractivity contribution in [1.82, 2.24) is 0 Å². The van der Waals surface area contributed by atoms with E-state index in [4.69, 9.17) is 9.47 Å². The Morgan fingerprint density at radius 3 is 2.29 bits per heavy atom. The molecule has 1 saturated heterocycles. The molecule has 1 fully saturated rings. The molecule has 3 rings (SSSR count). The van der Waals surface area contributed by atoms with Gasteiger partial charge in [-0.1, -0.05) is 30.3 Å². The summed E-state index contributed by atoms with van der Waals surface area (Å²) in [5.74, 6) is 1.65. The number of ether oxygens (including phenoxy) is 2. The van der Waals surface area contributed by atoms with Crippen molar-refractivity contribution in [2.75, 3.05) is 20.2 Å². The van der Waals surface area contributed by atoms with Crippen molar-refractivity contribution in [2.24, 2.45) is 0 Å². The van der Waals surface area contributed by atoms with Gasteiger partial charge in [-0.2, -0.15) is 0 Å². The third-order valence-corrected chi connectivity index (χ3v) is 4.73. The second-order valence-corrected chi connectivity index (χ2v) is 6.60. The van der Waals surface area contributed by atoms with Crippen molar-refractivity contribution in [1.29, 1.82) is 0 Å². The molecule has 1 aliphatic heterocycles. The average Bonchev–Trinajstić information content (AvgIpc) is 2.90. The Balaban J connectivity index is 1.63. The zero-order valence-corrected chi connectivity index (χ0v) is 14.6. The molecule has 0 spiro atoms. The number of benzene rings is 2. The Bertz CT molecular complexity index is 619. The summed E-state index contributed by atoms with van der Waals surface area (Å²) in [6.07, 6.45) is 5.48. The van der Waals surface area contributed by atoms with Crippen molar-refractivity contribution < 1.29 is 14.4 Å². The maximum absolute atomic E-state index is 5.95. The van der Waals surface area contributed by atoms with E-state index in [1.807, 2.05) is 24.3 Å². The van der Waals surface area contributed by atoms with Gasteiger partial charge in [0, 0.05) is 5.56 Å². The van der Waals surface area contributed by atoms with Gasteiger partial charge < -0.3 is 14.4 Å². The second kappa shape index (κ2) is 8.74. The molecule has 3 heteroatoms. The average molecular weight is 326 g/mol. The lowest BCUT2D eigenvalue weighted by Gasteiger charge is -2.18. The molecule has 3 nitrogen and oxygen atoms in total. The topological polar surface area (TPSA) is 22.9 Å². The van der Waals surface area contributed by atoms with Crippen LogP contribution in [-0.2, 0) is 13.2 Å². The van der Waals surface area contributed by atoms with E-state index in [0.717, 1.165) is 23.6 Å². The van der Waals surface area contributed by atoms with Crippen LogP contribution in [0.25, 0.3) is 0 Å². The summed E-state index contributed by atoms with van der Waals surface area (Å²) in [6, 6.07) is 16.6. The number of rotatable bonds is 6. The maximum Gasteiger partial charge on any atom is 0.161 e. The van der Waals surface area contributed by atoms with Gasteiger partial charge in [0.15, 0.2) is 11.5 Å². The first-order valence-corrected chi connectivity index (χ1v) is 9.02. The minimum atomic E-state index is 0.563. The zero-order chi connectivity index (χ0) is 16.6. The number of methoxy groups -OCH3 is 1. The summed E-state index contributed by atoms with van der Waals surface area (Å²) >= 11 is 0. The summed E-state index contributed by atoms with van der Waals surface area (Å²) < 4.78 is 11.5. The maximum atomic E-state index is 5.95. The van der Waals surface area contributed by atoms with Gasteiger partial charge in [0.1, 0.15) is 13.2 Å². The molecule has 2 aromatic rings.